The Labute approximate surface area is 106 Å². The van der Waals surface area contributed by atoms with E-state index in [-0.39, 0.29) is 11.6 Å². The molecule has 0 spiro atoms. The molecule has 0 heterocycles. The van der Waals surface area contributed by atoms with Gasteiger partial charge in [-0.3, -0.25) is 4.79 Å². The summed E-state index contributed by atoms with van der Waals surface area (Å²) in [6, 6.07) is 4.33. The van der Waals surface area contributed by atoms with Gasteiger partial charge < -0.3 is 16.0 Å². The first-order valence-corrected chi connectivity index (χ1v) is 5.64. The summed E-state index contributed by atoms with van der Waals surface area (Å²) in [6.45, 7) is 1.37. The fraction of sp³-hybridized carbons (Fsp3) is 0.308. The van der Waals surface area contributed by atoms with Crippen molar-refractivity contribution in [2.24, 2.45) is 0 Å². The number of nitrogens with two attached hydrogens (primary N) is 1. The van der Waals surface area contributed by atoms with Crippen LogP contribution in [0.15, 0.2) is 24.3 Å². The van der Waals surface area contributed by atoms with Crippen molar-refractivity contribution in [1.82, 2.24) is 10.2 Å². The van der Waals surface area contributed by atoms with E-state index in [9.17, 15) is 9.18 Å². The third-order valence-electron chi connectivity index (χ3n) is 2.31. The first-order chi connectivity index (χ1) is 8.49. The maximum absolute atomic E-state index is 12.9. The molecule has 0 aromatic heterocycles. The molecule has 0 aliphatic carbocycles. The summed E-state index contributed by atoms with van der Waals surface area (Å²) < 4.78 is 12.9. The van der Waals surface area contributed by atoms with Crippen LogP contribution in [0.4, 0.5) is 10.1 Å². The van der Waals surface area contributed by atoms with Crippen molar-refractivity contribution in [3.63, 3.8) is 0 Å². The molecule has 0 aliphatic heterocycles. The van der Waals surface area contributed by atoms with Gasteiger partial charge in [0.1, 0.15) is 5.82 Å². The SMILES string of the molecule is CN(C)CCNC(=O)/C=C/c1ccc(F)c(N)c1. The van der Waals surface area contributed by atoms with Crippen LogP contribution in [0.1, 0.15) is 5.56 Å². The van der Waals surface area contributed by atoms with Crippen molar-refractivity contribution in [3.8, 4) is 0 Å². The van der Waals surface area contributed by atoms with Crippen LogP contribution in [-0.4, -0.2) is 38.0 Å². The van der Waals surface area contributed by atoms with Crippen LogP contribution in [0.25, 0.3) is 6.08 Å². The summed E-state index contributed by atoms with van der Waals surface area (Å²) >= 11 is 0. The van der Waals surface area contributed by atoms with Crippen LogP contribution in [0.2, 0.25) is 0 Å². The van der Waals surface area contributed by atoms with Gasteiger partial charge in [0.05, 0.1) is 5.69 Å². The minimum absolute atomic E-state index is 0.0742. The van der Waals surface area contributed by atoms with E-state index in [1.54, 1.807) is 12.1 Å². The molecule has 1 aromatic rings. The van der Waals surface area contributed by atoms with Crippen LogP contribution in [0.5, 0.6) is 0 Å². The fourth-order valence-corrected chi connectivity index (χ4v) is 1.30. The van der Waals surface area contributed by atoms with Crippen molar-refractivity contribution < 1.29 is 9.18 Å². The number of carbonyl (C=O) groups excluding carboxylic acids is 1. The Bertz CT molecular complexity index is 444. The zero-order valence-electron chi connectivity index (χ0n) is 10.6. The highest BCUT2D eigenvalue weighted by molar-refractivity contribution is 5.91. The number of halogens is 1. The van der Waals surface area contributed by atoms with Crippen molar-refractivity contribution in [2.75, 3.05) is 32.9 Å². The van der Waals surface area contributed by atoms with Crippen LogP contribution in [0, 0.1) is 5.82 Å². The average Bonchev–Trinajstić information content (AvgIpc) is 2.30. The molecular weight excluding hydrogens is 233 g/mol. The number of carbonyl (C=O) groups is 1. The molecule has 1 aromatic carbocycles. The van der Waals surface area contributed by atoms with Crippen molar-refractivity contribution in [3.05, 3.63) is 35.7 Å². The number of benzene rings is 1. The molecule has 5 heteroatoms. The van der Waals surface area contributed by atoms with Gasteiger partial charge in [-0.25, -0.2) is 4.39 Å². The third-order valence-corrected chi connectivity index (χ3v) is 2.31. The molecule has 0 fully saturated rings. The largest absolute Gasteiger partial charge is 0.396 e. The lowest BCUT2D eigenvalue weighted by Crippen LogP contribution is -2.30. The molecule has 1 rings (SSSR count). The normalized spacial score (nSPS) is 11.1. The summed E-state index contributed by atoms with van der Waals surface area (Å²) in [4.78, 5) is 13.4. The lowest BCUT2D eigenvalue weighted by Gasteiger charge is -2.08. The fourth-order valence-electron chi connectivity index (χ4n) is 1.30. The van der Waals surface area contributed by atoms with Crippen LogP contribution in [0.3, 0.4) is 0 Å². The van der Waals surface area contributed by atoms with Gasteiger partial charge in [0.25, 0.3) is 0 Å². The van der Waals surface area contributed by atoms with Crippen molar-refractivity contribution in [2.45, 2.75) is 0 Å². The molecule has 3 N–H and O–H groups in total. The molecular formula is C13H18FN3O. The van der Waals surface area contributed by atoms with Crippen LogP contribution in [-0.2, 0) is 4.79 Å². The minimum Gasteiger partial charge on any atom is -0.396 e. The van der Waals surface area contributed by atoms with E-state index in [4.69, 9.17) is 5.73 Å². The Hall–Kier alpha value is -1.88. The zero-order chi connectivity index (χ0) is 13.5. The highest BCUT2D eigenvalue weighted by Gasteiger charge is 1.98. The molecule has 0 unspecified atom stereocenters. The second kappa shape index (κ2) is 6.76. The summed E-state index contributed by atoms with van der Waals surface area (Å²) in [5.41, 5.74) is 6.19. The maximum Gasteiger partial charge on any atom is 0.244 e. The van der Waals surface area contributed by atoms with Gasteiger partial charge in [-0.1, -0.05) is 6.07 Å². The smallest absolute Gasteiger partial charge is 0.244 e. The Kier molecular flexibility index (Phi) is 5.32. The van der Waals surface area contributed by atoms with Gasteiger partial charge in [-0.05, 0) is 37.9 Å². The highest BCUT2D eigenvalue weighted by Crippen LogP contribution is 2.13. The lowest BCUT2D eigenvalue weighted by atomic mass is 10.2. The van der Waals surface area contributed by atoms with E-state index in [0.29, 0.717) is 12.1 Å². The van der Waals surface area contributed by atoms with Gasteiger partial charge in [0.15, 0.2) is 0 Å². The summed E-state index contributed by atoms with van der Waals surface area (Å²) in [7, 11) is 3.87. The third kappa shape index (κ3) is 4.97. The Morgan fingerprint density at radius 1 is 1.50 bits per heavy atom. The van der Waals surface area contributed by atoms with Crippen LogP contribution >= 0.6 is 0 Å². The van der Waals surface area contributed by atoms with E-state index in [0.717, 1.165) is 6.54 Å². The predicted molar refractivity (Wildman–Crippen MR) is 71.4 cm³/mol. The molecule has 4 nitrogen and oxygen atoms in total. The molecule has 0 saturated carbocycles. The van der Waals surface area contributed by atoms with Gasteiger partial charge in [0.2, 0.25) is 5.91 Å². The number of hydrogen-bond acceptors (Lipinski definition) is 3. The van der Waals surface area contributed by atoms with Gasteiger partial charge in [-0.2, -0.15) is 0 Å². The first kappa shape index (κ1) is 14.2. The number of likely N-dealkylation sites (N-methyl/N-ethyl adjacent to an activating group) is 1. The average molecular weight is 251 g/mol. The topological polar surface area (TPSA) is 58.4 Å². The number of rotatable bonds is 5. The van der Waals surface area contributed by atoms with Crippen molar-refractivity contribution in [1.29, 1.82) is 0 Å². The molecule has 0 aliphatic rings. The molecule has 0 bridgehead atoms. The second-order valence-corrected chi connectivity index (χ2v) is 4.21. The second-order valence-electron chi connectivity index (χ2n) is 4.21. The number of hydrogen-bond donors (Lipinski definition) is 2. The first-order valence-electron chi connectivity index (χ1n) is 5.64. The molecule has 1 amide bonds. The van der Waals surface area contributed by atoms with Gasteiger partial charge in [-0.15, -0.1) is 0 Å². The minimum atomic E-state index is -0.456. The van der Waals surface area contributed by atoms with E-state index >= 15 is 0 Å². The highest BCUT2D eigenvalue weighted by atomic mass is 19.1. The standard InChI is InChI=1S/C13H18FN3O/c1-17(2)8-7-16-13(18)6-4-10-3-5-11(14)12(15)9-10/h3-6,9H,7-8,15H2,1-2H3,(H,16,18)/b6-4+. The Morgan fingerprint density at radius 2 is 2.22 bits per heavy atom. The number of nitrogen functional groups attached to an aromatic ring is 1. The monoisotopic (exact) mass is 251 g/mol. The van der Waals surface area contributed by atoms with E-state index in [1.165, 1.54) is 18.2 Å². The summed E-state index contributed by atoms with van der Waals surface area (Å²) in [5.74, 6) is -0.637. The molecule has 0 saturated heterocycles. The molecule has 0 radical (unpaired) electrons. The Morgan fingerprint density at radius 3 is 2.83 bits per heavy atom. The predicted octanol–water partition coefficient (Wildman–Crippen LogP) is 1.10. The molecule has 98 valence electrons. The van der Waals surface area contributed by atoms with Crippen LogP contribution < -0.4 is 11.1 Å². The molecule has 0 atom stereocenters. The lowest BCUT2D eigenvalue weighted by molar-refractivity contribution is -0.116. The maximum atomic E-state index is 12.9. The Balaban J connectivity index is 2.48. The van der Waals surface area contributed by atoms with E-state index in [2.05, 4.69) is 5.32 Å². The van der Waals surface area contributed by atoms with E-state index in [1.807, 2.05) is 19.0 Å². The summed E-state index contributed by atoms with van der Waals surface area (Å²) in [6.07, 6.45) is 3.00. The van der Waals surface area contributed by atoms with E-state index < -0.39 is 5.82 Å². The van der Waals surface area contributed by atoms with Gasteiger partial charge in [0, 0.05) is 19.2 Å². The number of nitrogens with zero attached hydrogens (tertiary/aromatic N) is 1. The van der Waals surface area contributed by atoms with Crippen molar-refractivity contribution >= 4 is 17.7 Å². The quantitative estimate of drug-likeness (QED) is 0.608. The number of anilines is 1. The number of nitrogens with one attached hydrogen (secondary N) is 1. The summed E-state index contributed by atoms with van der Waals surface area (Å²) in [5, 5.41) is 2.74. The zero-order valence-corrected chi connectivity index (χ0v) is 10.6. The number of amides is 1. The van der Waals surface area contributed by atoms with Gasteiger partial charge >= 0.3 is 0 Å². The molecule has 18 heavy (non-hydrogen) atoms.